The SMILES string of the molecule is O=C(COc1ccccc1F)OCc1c(F)cccc1Cl. The maximum Gasteiger partial charge on any atom is 0.344 e. The average Bonchev–Trinajstić information content (AvgIpc) is 2.46. The monoisotopic (exact) mass is 312 g/mol. The standard InChI is InChI=1S/C15H11ClF2O3/c16-11-4-3-6-12(17)10(11)8-21-15(19)9-20-14-7-2-1-5-13(14)18/h1-7H,8-9H2. The first-order chi connectivity index (χ1) is 10.1. The summed E-state index contributed by atoms with van der Waals surface area (Å²) in [4.78, 5) is 11.5. The number of halogens is 3. The van der Waals surface area contributed by atoms with Crippen molar-refractivity contribution < 1.29 is 23.0 Å². The molecule has 0 heterocycles. The van der Waals surface area contributed by atoms with Crippen LogP contribution in [0.5, 0.6) is 5.75 Å². The number of carbonyl (C=O) groups excluding carboxylic acids is 1. The summed E-state index contributed by atoms with van der Waals surface area (Å²) in [6.07, 6.45) is 0. The molecular formula is C15H11ClF2O3. The second-order valence-corrected chi connectivity index (χ2v) is 4.49. The molecule has 2 rings (SSSR count). The molecule has 0 aromatic heterocycles. The Bertz CT molecular complexity index is 626. The van der Waals surface area contributed by atoms with E-state index < -0.39 is 24.2 Å². The lowest BCUT2D eigenvalue weighted by molar-refractivity contribution is -0.147. The van der Waals surface area contributed by atoms with Crippen molar-refractivity contribution >= 4 is 17.6 Å². The zero-order chi connectivity index (χ0) is 15.2. The zero-order valence-corrected chi connectivity index (χ0v) is 11.6. The van der Waals surface area contributed by atoms with Crippen molar-refractivity contribution in [3.63, 3.8) is 0 Å². The molecule has 0 saturated heterocycles. The van der Waals surface area contributed by atoms with Gasteiger partial charge in [0, 0.05) is 5.56 Å². The Morgan fingerprint density at radius 3 is 2.48 bits per heavy atom. The maximum atomic E-state index is 13.4. The van der Waals surface area contributed by atoms with Gasteiger partial charge in [0.25, 0.3) is 0 Å². The van der Waals surface area contributed by atoms with Gasteiger partial charge in [0.05, 0.1) is 5.02 Å². The predicted octanol–water partition coefficient (Wildman–Crippen LogP) is 3.74. The first kappa shape index (κ1) is 15.3. The quantitative estimate of drug-likeness (QED) is 0.789. The minimum atomic E-state index is -0.752. The molecule has 0 radical (unpaired) electrons. The number of hydrogen-bond donors (Lipinski definition) is 0. The highest BCUT2D eigenvalue weighted by Crippen LogP contribution is 2.20. The molecular weight excluding hydrogens is 302 g/mol. The molecule has 21 heavy (non-hydrogen) atoms. The summed E-state index contributed by atoms with van der Waals surface area (Å²) in [6, 6.07) is 9.82. The highest BCUT2D eigenvalue weighted by molar-refractivity contribution is 6.31. The molecule has 6 heteroatoms. The number of para-hydroxylation sites is 1. The van der Waals surface area contributed by atoms with Crippen molar-refractivity contribution in [1.29, 1.82) is 0 Å². The van der Waals surface area contributed by atoms with Gasteiger partial charge in [-0.1, -0.05) is 29.8 Å². The molecule has 0 N–H and O–H groups in total. The second kappa shape index (κ2) is 7.04. The van der Waals surface area contributed by atoms with Crippen LogP contribution in [0.3, 0.4) is 0 Å². The predicted molar refractivity (Wildman–Crippen MR) is 73.1 cm³/mol. The highest BCUT2D eigenvalue weighted by Gasteiger charge is 2.11. The molecule has 0 saturated carbocycles. The first-order valence-electron chi connectivity index (χ1n) is 6.04. The van der Waals surface area contributed by atoms with Crippen molar-refractivity contribution in [2.24, 2.45) is 0 Å². The molecule has 0 bridgehead atoms. The van der Waals surface area contributed by atoms with Crippen LogP contribution in [-0.2, 0) is 16.1 Å². The van der Waals surface area contributed by atoms with Gasteiger partial charge in [0.2, 0.25) is 0 Å². The number of carbonyl (C=O) groups is 1. The van der Waals surface area contributed by atoms with Crippen LogP contribution in [0.4, 0.5) is 8.78 Å². The summed E-state index contributed by atoms with van der Waals surface area (Å²) in [5, 5.41) is 0.165. The van der Waals surface area contributed by atoms with Gasteiger partial charge in [0.15, 0.2) is 18.2 Å². The fourth-order valence-electron chi connectivity index (χ4n) is 1.56. The van der Waals surface area contributed by atoms with E-state index in [-0.39, 0.29) is 22.9 Å². The Kier molecular flexibility index (Phi) is 5.11. The van der Waals surface area contributed by atoms with E-state index in [1.807, 2.05) is 0 Å². The molecule has 0 aliphatic rings. The molecule has 0 unspecified atom stereocenters. The highest BCUT2D eigenvalue weighted by atomic mass is 35.5. The van der Waals surface area contributed by atoms with Gasteiger partial charge in [-0.15, -0.1) is 0 Å². The van der Waals surface area contributed by atoms with Crippen LogP contribution in [0.15, 0.2) is 42.5 Å². The van der Waals surface area contributed by atoms with E-state index in [0.717, 1.165) is 0 Å². The molecule has 0 spiro atoms. The minimum Gasteiger partial charge on any atom is -0.479 e. The van der Waals surface area contributed by atoms with Gasteiger partial charge in [-0.2, -0.15) is 0 Å². The molecule has 0 aliphatic heterocycles. The Labute approximate surface area is 125 Å². The van der Waals surface area contributed by atoms with E-state index >= 15 is 0 Å². The van der Waals surface area contributed by atoms with Crippen LogP contribution in [0, 0.1) is 11.6 Å². The van der Waals surface area contributed by atoms with Gasteiger partial charge in [-0.25, -0.2) is 13.6 Å². The van der Waals surface area contributed by atoms with Crippen molar-refractivity contribution in [1.82, 2.24) is 0 Å². The summed E-state index contributed by atoms with van der Waals surface area (Å²) >= 11 is 5.79. The Balaban J connectivity index is 1.87. The maximum absolute atomic E-state index is 13.4. The third kappa shape index (κ3) is 4.16. The van der Waals surface area contributed by atoms with Crippen molar-refractivity contribution in [3.8, 4) is 5.75 Å². The summed E-state index contributed by atoms with van der Waals surface area (Å²) in [5.74, 6) is -1.95. The molecule has 2 aromatic rings. The van der Waals surface area contributed by atoms with Gasteiger partial charge < -0.3 is 9.47 Å². The van der Waals surface area contributed by atoms with Gasteiger partial charge in [-0.05, 0) is 24.3 Å². The van der Waals surface area contributed by atoms with Crippen LogP contribution in [0.25, 0.3) is 0 Å². The Morgan fingerprint density at radius 1 is 1.05 bits per heavy atom. The molecule has 0 aliphatic carbocycles. The third-order valence-electron chi connectivity index (χ3n) is 2.62. The number of rotatable bonds is 5. The molecule has 3 nitrogen and oxygen atoms in total. The summed E-state index contributed by atoms with van der Waals surface area (Å²) < 4.78 is 36.5. The largest absolute Gasteiger partial charge is 0.479 e. The van der Waals surface area contributed by atoms with Crippen molar-refractivity contribution in [3.05, 3.63) is 64.7 Å². The second-order valence-electron chi connectivity index (χ2n) is 4.08. The Hall–Kier alpha value is -2.14. The first-order valence-corrected chi connectivity index (χ1v) is 6.41. The minimum absolute atomic E-state index is 0.0571. The van der Waals surface area contributed by atoms with Gasteiger partial charge in [-0.3, -0.25) is 0 Å². The van der Waals surface area contributed by atoms with E-state index in [0.29, 0.717) is 0 Å². The molecule has 0 atom stereocenters. The lowest BCUT2D eigenvalue weighted by atomic mass is 10.2. The fourth-order valence-corrected chi connectivity index (χ4v) is 1.78. The molecule has 110 valence electrons. The number of benzene rings is 2. The van der Waals surface area contributed by atoms with Crippen LogP contribution in [-0.4, -0.2) is 12.6 Å². The third-order valence-corrected chi connectivity index (χ3v) is 2.98. The smallest absolute Gasteiger partial charge is 0.344 e. The molecule has 0 amide bonds. The normalized spacial score (nSPS) is 10.2. The van der Waals surface area contributed by atoms with Crippen molar-refractivity contribution in [2.45, 2.75) is 6.61 Å². The molecule has 0 fully saturated rings. The number of hydrogen-bond acceptors (Lipinski definition) is 3. The summed E-state index contributed by atoms with van der Waals surface area (Å²) in [7, 11) is 0. The lowest BCUT2D eigenvalue weighted by Crippen LogP contribution is -2.15. The number of esters is 1. The van der Waals surface area contributed by atoms with Gasteiger partial charge >= 0.3 is 5.97 Å². The lowest BCUT2D eigenvalue weighted by Gasteiger charge is -2.09. The average molecular weight is 313 g/mol. The zero-order valence-electron chi connectivity index (χ0n) is 10.8. The van der Waals surface area contributed by atoms with Crippen LogP contribution < -0.4 is 4.74 Å². The van der Waals surface area contributed by atoms with E-state index in [2.05, 4.69) is 0 Å². The Morgan fingerprint density at radius 2 is 1.76 bits per heavy atom. The van der Waals surface area contributed by atoms with E-state index in [4.69, 9.17) is 21.1 Å². The number of ether oxygens (including phenoxy) is 2. The van der Waals surface area contributed by atoms with Gasteiger partial charge in [0.1, 0.15) is 12.4 Å². The molecule has 2 aromatic carbocycles. The summed E-state index contributed by atoms with van der Waals surface area (Å²) in [6.45, 7) is -0.794. The van der Waals surface area contributed by atoms with Crippen LogP contribution >= 0.6 is 11.6 Å². The van der Waals surface area contributed by atoms with E-state index in [1.165, 1.54) is 36.4 Å². The van der Waals surface area contributed by atoms with E-state index in [9.17, 15) is 13.6 Å². The summed E-state index contributed by atoms with van der Waals surface area (Å²) in [5.41, 5.74) is 0.0819. The fraction of sp³-hybridized carbons (Fsp3) is 0.133. The van der Waals surface area contributed by atoms with Crippen LogP contribution in [0.1, 0.15) is 5.56 Å². The van der Waals surface area contributed by atoms with Crippen LogP contribution in [0.2, 0.25) is 5.02 Å². The van der Waals surface area contributed by atoms with E-state index in [1.54, 1.807) is 6.07 Å². The topological polar surface area (TPSA) is 35.5 Å². The van der Waals surface area contributed by atoms with Crippen molar-refractivity contribution in [2.75, 3.05) is 6.61 Å².